The van der Waals surface area contributed by atoms with Gasteiger partial charge in [-0.05, 0) is 56.5 Å². The zero-order valence-corrected chi connectivity index (χ0v) is 14.8. The zero-order valence-electron chi connectivity index (χ0n) is 14.8. The Morgan fingerprint density at radius 1 is 1.17 bits per heavy atom. The van der Waals surface area contributed by atoms with Crippen molar-refractivity contribution in [2.75, 3.05) is 32.7 Å². The van der Waals surface area contributed by atoms with Crippen LogP contribution in [0.5, 0.6) is 0 Å². The molecule has 1 atom stereocenters. The van der Waals surface area contributed by atoms with Gasteiger partial charge in [0, 0.05) is 31.7 Å². The number of nitrogens with zero attached hydrogens (tertiary/aromatic N) is 3. The number of rotatable bonds is 5. The summed E-state index contributed by atoms with van der Waals surface area (Å²) in [5.41, 5.74) is 2.76. The molecule has 1 aliphatic carbocycles. The molecule has 0 aromatic carbocycles. The second-order valence-electron chi connectivity index (χ2n) is 8.43. The molecule has 1 unspecified atom stereocenters. The van der Waals surface area contributed by atoms with Crippen molar-refractivity contribution in [2.24, 2.45) is 17.8 Å². The molecule has 4 heteroatoms. The standard InChI is InChI=1S/C19H32N4/c1-14(2)11-23-10-7-17-18(21-13-20-17)19(23)16-5-8-22(9-6-16)12-15-3-4-15/h13-16,19H,3-12H2,1-2H3,(H,20,21). The molecule has 2 aliphatic heterocycles. The first-order chi connectivity index (χ1) is 11.2. The first-order valence-electron chi connectivity index (χ1n) is 9.69. The van der Waals surface area contributed by atoms with Crippen molar-refractivity contribution in [1.82, 2.24) is 19.8 Å². The molecule has 2 fully saturated rings. The van der Waals surface area contributed by atoms with E-state index in [9.17, 15) is 0 Å². The van der Waals surface area contributed by atoms with Crippen molar-refractivity contribution in [3.63, 3.8) is 0 Å². The molecule has 0 bridgehead atoms. The van der Waals surface area contributed by atoms with E-state index in [-0.39, 0.29) is 0 Å². The van der Waals surface area contributed by atoms with Crippen LogP contribution in [0, 0.1) is 17.8 Å². The van der Waals surface area contributed by atoms with E-state index >= 15 is 0 Å². The maximum Gasteiger partial charge on any atom is 0.0925 e. The van der Waals surface area contributed by atoms with Crippen molar-refractivity contribution in [3.05, 3.63) is 17.7 Å². The number of H-pyrrole nitrogens is 1. The number of aromatic nitrogens is 2. The van der Waals surface area contributed by atoms with Gasteiger partial charge < -0.3 is 9.88 Å². The summed E-state index contributed by atoms with van der Waals surface area (Å²) < 4.78 is 0. The first kappa shape index (κ1) is 15.6. The molecule has 1 aromatic rings. The van der Waals surface area contributed by atoms with Gasteiger partial charge in [-0.1, -0.05) is 13.8 Å². The molecule has 4 nitrogen and oxygen atoms in total. The van der Waals surface area contributed by atoms with Crippen LogP contribution in [0.25, 0.3) is 0 Å². The smallest absolute Gasteiger partial charge is 0.0925 e. The van der Waals surface area contributed by atoms with Gasteiger partial charge in [0.05, 0.1) is 18.1 Å². The number of hydrogen-bond acceptors (Lipinski definition) is 3. The summed E-state index contributed by atoms with van der Waals surface area (Å²) >= 11 is 0. The Hall–Kier alpha value is -0.870. The van der Waals surface area contributed by atoms with Crippen LogP contribution in [0.3, 0.4) is 0 Å². The lowest BCUT2D eigenvalue weighted by Gasteiger charge is -2.43. The van der Waals surface area contributed by atoms with Gasteiger partial charge in [-0.2, -0.15) is 0 Å². The molecule has 1 saturated carbocycles. The minimum absolute atomic E-state index is 0.551. The third-order valence-corrected chi connectivity index (χ3v) is 5.97. The van der Waals surface area contributed by atoms with Crippen LogP contribution in [-0.2, 0) is 6.42 Å². The zero-order chi connectivity index (χ0) is 15.8. The second kappa shape index (κ2) is 6.56. The molecule has 1 saturated heterocycles. The topological polar surface area (TPSA) is 35.2 Å². The van der Waals surface area contributed by atoms with E-state index in [1.807, 2.05) is 6.33 Å². The molecule has 3 heterocycles. The predicted molar refractivity (Wildman–Crippen MR) is 93.3 cm³/mol. The lowest BCUT2D eigenvalue weighted by molar-refractivity contribution is 0.0672. The largest absolute Gasteiger partial charge is 0.348 e. The van der Waals surface area contributed by atoms with Crippen molar-refractivity contribution in [3.8, 4) is 0 Å². The third kappa shape index (κ3) is 3.48. The molecule has 128 valence electrons. The van der Waals surface area contributed by atoms with E-state index in [1.165, 1.54) is 69.8 Å². The Morgan fingerprint density at radius 2 is 1.96 bits per heavy atom. The van der Waals surface area contributed by atoms with E-state index < -0.39 is 0 Å². The van der Waals surface area contributed by atoms with Crippen LogP contribution in [0.2, 0.25) is 0 Å². The molecule has 1 N–H and O–H groups in total. The summed E-state index contributed by atoms with van der Waals surface area (Å²) in [4.78, 5) is 13.6. The van der Waals surface area contributed by atoms with Crippen LogP contribution in [0.1, 0.15) is 57.0 Å². The van der Waals surface area contributed by atoms with E-state index in [0.717, 1.165) is 24.2 Å². The monoisotopic (exact) mass is 316 g/mol. The summed E-state index contributed by atoms with van der Waals surface area (Å²) in [6.45, 7) is 11.0. The Bertz CT molecular complexity index is 511. The number of likely N-dealkylation sites (tertiary alicyclic amines) is 1. The number of nitrogens with one attached hydrogen (secondary N) is 1. The van der Waals surface area contributed by atoms with Crippen molar-refractivity contribution < 1.29 is 0 Å². The highest BCUT2D eigenvalue weighted by Crippen LogP contribution is 2.39. The number of fused-ring (bicyclic) bond motifs is 1. The van der Waals surface area contributed by atoms with Gasteiger partial charge in [0.1, 0.15) is 0 Å². The Balaban J connectivity index is 1.46. The fraction of sp³-hybridized carbons (Fsp3) is 0.842. The molecule has 4 rings (SSSR count). The lowest BCUT2D eigenvalue weighted by Crippen LogP contribution is -2.45. The van der Waals surface area contributed by atoms with Gasteiger partial charge in [0.15, 0.2) is 0 Å². The minimum Gasteiger partial charge on any atom is -0.348 e. The predicted octanol–water partition coefficient (Wildman–Crippen LogP) is 3.09. The van der Waals surface area contributed by atoms with Gasteiger partial charge >= 0.3 is 0 Å². The highest BCUT2D eigenvalue weighted by Gasteiger charge is 2.37. The normalized spacial score (nSPS) is 27.5. The average Bonchev–Trinajstić information content (AvgIpc) is 3.22. The van der Waals surface area contributed by atoms with Crippen molar-refractivity contribution in [2.45, 2.75) is 52.0 Å². The van der Waals surface area contributed by atoms with Gasteiger partial charge in [0.2, 0.25) is 0 Å². The maximum atomic E-state index is 4.74. The molecule has 23 heavy (non-hydrogen) atoms. The number of hydrogen-bond donors (Lipinski definition) is 1. The van der Waals surface area contributed by atoms with Crippen molar-refractivity contribution in [1.29, 1.82) is 0 Å². The van der Waals surface area contributed by atoms with Crippen LogP contribution in [-0.4, -0.2) is 52.5 Å². The molecule has 1 aromatic heterocycles. The van der Waals surface area contributed by atoms with Crippen LogP contribution in [0.4, 0.5) is 0 Å². The second-order valence-corrected chi connectivity index (χ2v) is 8.43. The minimum atomic E-state index is 0.551. The van der Waals surface area contributed by atoms with Crippen LogP contribution >= 0.6 is 0 Å². The first-order valence-corrected chi connectivity index (χ1v) is 9.69. The van der Waals surface area contributed by atoms with Crippen molar-refractivity contribution >= 4 is 0 Å². The summed E-state index contributed by atoms with van der Waals surface area (Å²) in [6.07, 6.45) is 8.69. The molecular weight excluding hydrogens is 284 g/mol. The third-order valence-electron chi connectivity index (χ3n) is 5.97. The molecule has 0 radical (unpaired) electrons. The van der Waals surface area contributed by atoms with Gasteiger partial charge in [-0.3, -0.25) is 4.90 Å². The van der Waals surface area contributed by atoms with Gasteiger partial charge in [0.25, 0.3) is 0 Å². The summed E-state index contributed by atoms with van der Waals surface area (Å²) in [6, 6.07) is 0.551. The Labute approximate surface area is 140 Å². The van der Waals surface area contributed by atoms with Gasteiger partial charge in [-0.15, -0.1) is 0 Å². The molecular formula is C19H32N4. The van der Waals surface area contributed by atoms with E-state index in [1.54, 1.807) is 0 Å². The van der Waals surface area contributed by atoms with Crippen LogP contribution in [0.15, 0.2) is 6.33 Å². The Kier molecular flexibility index (Phi) is 4.46. The van der Waals surface area contributed by atoms with Gasteiger partial charge in [-0.25, -0.2) is 4.98 Å². The fourth-order valence-electron chi connectivity index (χ4n) is 4.67. The SMILES string of the molecule is CC(C)CN1CCc2[nH]cnc2C1C1CCN(CC2CC2)CC1. The summed E-state index contributed by atoms with van der Waals surface area (Å²) in [5.74, 6) is 2.54. The van der Waals surface area contributed by atoms with E-state index in [2.05, 4.69) is 28.6 Å². The maximum absolute atomic E-state index is 4.74. The number of piperidine rings is 1. The Morgan fingerprint density at radius 3 is 2.65 bits per heavy atom. The fourth-order valence-corrected chi connectivity index (χ4v) is 4.67. The lowest BCUT2D eigenvalue weighted by atomic mass is 9.83. The number of imidazole rings is 1. The van der Waals surface area contributed by atoms with Crippen LogP contribution < -0.4 is 0 Å². The quantitative estimate of drug-likeness (QED) is 0.906. The summed E-state index contributed by atoms with van der Waals surface area (Å²) in [7, 11) is 0. The average molecular weight is 316 g/mol. The molecule has 0 spiro atoms. The number of aromatic amines is 1. The highest BCUT2D eigenvalue weighted by atomic mass is 15.2. The molecule has 0 amide bonds. The van der Waals surface area contributed by atoms with E-state index in [4.69, 9.17) is 4.98 Å². The molecule has 3 aliphatic rings. The highest BCUT2D eigenvalue weighted by molar-refractivity contribution is 5.21. The summed E-state index contributed by atoms with van der Waals surface area (Å²) in [5, 5.41) is 0. The van der Waals surface area contributed by atoms with E-state index in [0.29, 0.717) is 6.04 Å².